The highest BCUT2D eigenvalue weighted by Gasteiger charge is 2.24. The van der Waals surface area contributed by atoms with E-state index in [2.05, 4.69) is 5.32 Å². The molecule has 0 spiro atoms. The minimum absolute atomic E-state index is 0.0718. The molecule has 1 rings (SSSR count). The molecule has 0 heterocycles. The van der Waals surface area contributed by atoms with Gasteiger partial charge in [0.05, 0.1) is 0 Å². The Morgan fingerprint density at radius 3 is 2.50 bits per heavy atom. The molecule has 1 saturated carbocycles. The average molecular weight is 170 g/mol. The molecule has 0 atom stereocenters. The van der Waals surface area contributed by atoms with E-state index in [1.807, 2.05) is 0 Å². The quantitative estimate of drug-likeness (QED) is 0.612. The smallest absolute Gasteiger partial charge is 0.223 e. The van der Waals surface area contributed by atoms with Gasteiger partial charge in [0, 0.05) is 18.9 Å². The summed E-state index contributed by atoms with van der Waals surface area (Å²) in [4.78, 5) is 21.4. The molecule has 0 aromatic rings. The van der Waals surface area contributed by atoms with Gasteiger partial charge in [-0.15, -0.1) is 0 Å². The molecule has 0 radical (unpaired) electrons. The Kier molecular flexibility index (Phi) is 3.08. The minimum Gasteiger partial charge on any atom is -0.370 e. The van der Waals surface area contributed by atoms with Crippen molar-refractivity contribution in [1.82, 2.24) is 5.32 Å². The van der Waals surface area contributed by atoms with Crippen LogP contribution < -0.4 is 11.1 Å². The Labute approximate surface area is 71.5 Å². The summed E-state index contributed by atoms with van der Waals surface area (Å²) in [6, 6.07) is 0. The van der Waals surface area contributed by atoms with Gasteiger partial charge in [0.15, 0.2) is 0 Å². The number of nitrogens with one attached hydrogen (secondary N) is 1. The molecular formula is C8H14N2O2. The van der Waals surface area contributed by atoms with Crippen LogP contribution in [0.5, 0.6) is 0 Å². The maximum absolute atomic E-state index is 11.1. The summed E-state index contributed by atoms with van der Waals surface area (Å²) in [5.74, 6) is -0.107. The largest absolute Gasteiger partial charge is 0.370 e. The summed E-state index contributed by atoms with van der Waals surface area (Å²) < 4.78 is 0. The summed E-state index contributed by atoms with van der Waals surface area (Å²) in [5, 5.41) is 2.68. The number of rotatable bonds is 4. The molecule has 2 amide bonds. The number of hydrogen-bond donors (Lipinski definition) is 2. The van der Waals surface area contributed by atoms with Crippen LogP contribution in [-0.2, 0) is 9.59 Å². The molecule has 0 saturated heterocycles. The van der Waals surface area contributed by atoms with Crippen LogP contribution in [0.25, 0.3) is 0 Å². The monoisotopic (exact) mass is 170 g/mol. The van der Waals surface area contributed by atoms with Gasteiger partial charge in [-0.3, -0.25) is 9.59 Å². The van der Waals surface area contributed by atoms with E-state index in [0.717, 1.165) is 19.3 Å². The second kappa shape index (κ2) is 4.09. The van der Waals surface area contributed by atoms with Crippen molar-refractivity contribution in [3.63, 3.8) is 0 Å². The zero-order valence-electron chi connectivity index (χ0n) is 7.01. The summed E-state index contributed by atoms with van der Waals surface area (Å²) >= 11 is 0. The highest BCUT2D eigenvalue weighted by Crippen LogP contribution is 2.25. The fourth-order valence-electron chi connectivity index (χ4n) is 1.12. The normalized spacial score (nSPS) is 16.7. The van der Waals surface area contributed by atoms with Crippen LogP contribution in [-0.4, -0.2) is 18.4 Å². The topological polar surface area (TPSA) is 72.2 Å². The molecule has 0 unspecified atom stereocenters. The minimum atomic E-state index is -0.371. The summed E-state index contributed by atoms with van der Waals surface area (Å²) in [5.41, 5.74) is 4.91. The van der Waals surface area contributed by atoms with E-state index in [1.165, 1.54) is 0 Å². The fourth-order valence-corrected chi connectivity index (χ4v) is 1.12. The first kappa shape index (κ1) is 9.03. The van der Waals surface area contributed by atoms with E-state index >= 15 is 0 Å². The molecule has 1 fully saturated rings. The van der Waals surface area contributed by atoms with E-state index in [-0.39, 0.29) is 24.2 Å². The van der Waals surface area contributed by atoms with Gasteiger partial charge in [0.1, 0.15) is 0 Å². The first-order valence-electron chi connectivity index (χ1n) is 4.26. The van der Waals surface area contributed by atoms with E-state index in [1.54, 1.807) is 0 Å². The number of carbonyl (C=O) groups is 2. The fraction of sp³-hybridized carbons (Fsp3) is 0.750. The Bertz CT molecular complexity index is 187. The Morgan fingerprint density at radius 2 is 2.08 bits per heavy atom. The number of hydrogen-bond acceptors (Lipinski definition) is 2. The van der Waals surface area contributed by atoms with Crippen LogP contribution in [0.2, 0.25) is 0 Å². The predicted octanol–water partition coefficient (Wildman–Crippen LogP) is -0.222. The van der Waals surface area contributed by atoms with Crippen LogP contribution in [0.3, 0.4) is 0 Å². The lowest BCUT2D eigenvalue weighted by Crippen LogP contribution is -2.36. The SMILES string of the molecule is NC(=O)CCNC(=O)C1CCC1. The van der Waals surface area contributed by atoms with Crippen molar-refractivity contribution >= 4 is 11.8 Å². The highest BCUT2D eigenvalue weighted by atomic mass is 16.2. The lowest BCUT2D eigenvalue weighted by Gasteiger charge is -2.23. The zero-order valence-corrected chi connectivity index (χ0v) is 7.01. The van der Waals surface area contributed by atoms with Gasteiger partial charge < -0.3 is 11.1 Å². The van der Waals surface area contributed by atoms with Crippen molar-refractivity contribution in [2.75, 3.05) is 6.54 Å². The molecule has 4 heteroatoms. The van der Waals surface area contributed by atoms with E-state index in [9.17, 15) is 9.59 Å². The Morgan fingerprint density at radius 1 is 1.42 bits per heavy atom. The number of primary amides is 1. The first-order chi connectivity index (χ1) is 5.70. The van der Waals surface area contributed by atoms with Crippen LogP contribution in [0.1, 0.15) is 25.7 Å². The third-order valence-corrected chi connectivity index (χ3v) is 2.15. The van der Waals surface area contributed by atoms with Gasteiger partial charge in [0.25, 0.3) is 0 Å². The maximum atomic E-state index is 11.1. The standard InChI is InChI=1S/C8H14N2O2/c9-7(11)4-5-10-8(12)6-2-1-3-6/h6H,1-5H2,(H2,9,11)(H,10,12). The predicted molar refractivity (Wildman–Crippen MR) is 44.2 cm³/mol. The lowest BCUT2D eigenvalue weighted by molar-refractivity contribution is -0.127. The highest BCUT2D eigenvalue weighted by molar-refractivity contribution is 5.80. The first-order valence-corrected chi connectivity index (χ1v) is 4.26. The Balaban J connectivity index is 2.05. The van der Waals surface area contributed by atoms with Gasteiger partial charge in [-0.1, -0.05) is 6.42 Å². The third-order valence-electron chi connectivity index (χ3n) is 2.15. The van der Waals surface area contributed by atoms with E-state index in [4.69, 9.17) is 5.73 Å². The number of carbonyl (C=O) groups excluding carboxylic acids is 2. The van der Waals surface area contributed by atoms with Crippen LogP contribution >= 0.6 is 0 Å². The van der Waals surface area contributed by atoms with E-state index < -0.39 is 0 Å². The second-order valence-electron chi connectivity index (χ2n) is 3.14. The van der Waals surface area contributed by atoms with Crippen LogP contribution in [0, 0.1) is 5.92 Å². The van der Waals surface area contributed by atoms with Crippen molar-refractivity contribution in [1.29, 1.82) is 0 Å². The molecule has 1 aliphatic rings. The summed E-state index contributed by atoms with van der Waals surface area (Å²) in [6.45, 7) is 0.380. The zero-order chi connectivity index (χ0) is 8.97. The third kappa shape index (κ3) is 2.53. The molecule has 0 bridgehead atoms. The maximum Gasteiger partial charge on any atom is 0.223 e. The molecule has 0 aromatic heterocycles. The number of amides is 2. The molecule has 4 nitrogen and oxygen atoms in total. The molecule has 1 aliphatic carbocycles. The molecule has 3 N–H and O–H groups in total. The molecule has 68 valence electrons. The van der Waals surface area contributed by atoms with Crippen molar-refractivity contribution in [3.8, 4) is 0 Å². The average Bonchev–Trinajstić information content (AvgIpc) is 1.81. The van der Waals surface area contributed by atoms with Crippen LogP contribution in [0.4, 0.5) is 0 Å². The Hall–Kier alpha value is -1.06. The van der Waals surface area contributed by atoms with Crippen molar-refractivity contribution in [2.24, 2.45) is 11.7 Å². The van der Waals surface area contributed by atoms with Crippen molar-refractivity contribution in [2.45, 2.75) is 25.7 Å². The van der Waals surface area contributed by atoms with Gasteiger partial charge in [-0.25, -0.2) is 0 Å². The molecular weight excluding hydrogens is 156 g/mol. The van der Waals surface area contributed by atoms with Gasteiger partial charge in [-0.05, 0) is 12.8 Å². The molecule has 0 aromatic carbocycles. The van der Waals surface area contributed by atoms with Gasteiger partial charge in [-0.2, -0.15) is 0 Å². The van der Waals surface area contributed by atoms with Crippen LogP contribution in [0.15, 0.2) is 0 Å². The van der Waals surface area contributed by atoms with Gasteiger partial charge >= 0.3 is 0 Å². The summed E-state index contributed by atoms with van der Waals surface area (Å²) in [7, 11) is 0. The van der Waals surface area contributed by atoms with Gasteiger partial charge in [0.2, 0.25) is 11.8 Å². The summed E-state index contributed by atoms with van der Waals surface area (Å²) in [6.07, 6.45) is 3.36. The van der Waals surface area contributed by atoms with Crippen molar-refractivity contribution < 1.29 is 9.59 Å². The number of nitrogens with two attached hydrogens (primary N) is 1. The second-order valence-corrected chi connectivity index (χ2v) is 3.14. The molecule has 12 heavy (non-hydrogen) atoms. The van der Waals surface area contributed by atoms with Crippen molar-refractivity contribution in [3.05, 3.63) is 0 Å². The van der Waals surface area contributed by atoms with E-state index in [0.29, 0.717) is 6.54 Å². The molecule has 0 aliphatic heterocycles. The lowest BCUT2D eigenvalue weighted by atomic mass is 9.85.